The van der Waals surface area contributed by atoms with Crippen molar-refractivity contribution in [2.24, 2.45) is 0 Å². The minimum atomic E-state index is -0.727. The average molecular weight is 571 g/mol. The third-order valence-electron chi connectivity index (χ3n) is 8.29. The molecule has 1 N–H and O–H groups in total. The van der Waals surface area contributed by atoms with E-state index >= 15 is 4.39 Å². The minimum absolute atomic E-state index is 0.0180. The van der Waals surface area contributed by atoms with E-state index in [9.17, 15) is 18.8 Å². The van der Waals surface area contributed by atoms with Gasteiger partial charge in [0.2, 0.25) is 11.8 Å². The Hall–Kier alpha value is -4.62. The van der Waals surface area contributed by atoms with Gasteiger partial charge in [-0.1, -0.05) is 18.2 Å². The van der Waals surface area contributed by atoms with Crippen molar-refractivity contribution in [3.05, 3.63) is 94.0 Å². The zero-order valence-electron chi connectivity index (χ0n) is 22.7. The highest BCUT2D eigenvalue weighted by Gasteiger charge is 2.40. The molecule has 3 aliphatic heterocycles. The molecule has 214 valence electrons. The summed E-state index contributed by atoms with van der Waals surface area (Å²) < 4.78 is 35.0. The van der Waals surface area contributed by atoms with Crippen LogP contribution in [0.5, 0.6) is 11.5 Å². The highest BCUT2D eigenvalue weighted by atomic mass is 19.1. The predicted octanol–water partition coefficient (Wildman–Crippen LogP) is 4.77. The van der Waals surface area contributed by atoms with Gasteiger partial charge in [0.05, 0.1) is 11.6 Å². The first kappa shape index (κ1) is 27.5. The van der Waals surface area contributed by atoms with Crippen LogP contribution in [0.3, 0.4) is 0 Å². The number of rotatable bonds is 6. The number of benzene rings is 3. The second-order valence-corrected chi connectivity index (χ2v) is 11.0. The Morgan fingerprint density at radius 3 is 2.40 bits per heavy atom. The molecule has 3 heterocycles. The molecule has 2 fully saturated rings. The Balaban J connectivity index is 1.05. The van der Waals surface area contributed by atoms with E-state index in [1.165, 1.54) is 23.1 Å². The van der Waals surface area contributed by atoms with Gasteiger partial charge in [0, 0.05) is 25.1 Å². The summed E-state index contributed by atoms with van der Waals surface area (Å²) in [5, 5.41) is 11.2. The molecule has 1 atom stereocenters. The lowest BCUT2D eigenvalue weighted by atomic mass is 9.87. The Labute approximate surface area is 241 Å². The normalized spacial score (nSPS) is 19.4. The van der Waals surface area contributed by atoms with Gasteiger partial charge in [0.1, 0.15) is 17.6 Å². The molecule has 10 heteroatoms. The second-order valence-electron chi connectivity index (χ2n) is 11.0. The quantitative estimate of drug-likeness (QED) is 0.429. The molecule has 3 amide bonds. The lowest BCUT2D eigenvalue weighted by Crippen LogP contribution is -2.52. The summed E-state index contributed by atoms with van der Waals surface area (Å²) in [7, 11) is 0. The molecule has 0 radical (unpaired) electrons. The molecule has 0 bridgehead atoms. The van der Waals surface area contributed by atoms with E-state index in [1.54, 1.807) is 18.2 Å². The first-order valence-electron chi connectivity index (χ1n) is 13.9. The molecular formula is C32H28F2N4O4. The summed E-state index contributed by atoms with van der Waals surface area (Å²) in [6, 6.07) is 15.7. The number of carbonyl (C=O) groups is 3. The van der Waals surface area contributed by atoms with E-state index in [0.717, 1.165) is 37.6 Å². The third-order valence-corrected chi connectivity index (χ3v) is 8.29. The minimum Gasteiger partial charge on any atom is -0.454 e. The van der Waals surface area contributed by atoms with Gasteiger partial charge in [-0.15, -0.1) is 0 Å². The molecule has 6 rings (SSSR count). The third kappa shape index (κ3) is 5.48. The number of ether oxygens (including phenoxy) is 1. The summed E-state index contributed by atoms with van der Waals surface area (Å²) in [5.74, 6) is -1.65. The van der Waals surface area contributed by atoms with Crippen LogP contribution in [0.25, 0.3) is 0 Å². The number of amides is 3. The molecule has 1 unspecified atom stereocenters. The van der Waals surface area contributed by atoms with Crippen molar-refractivity contribution >= 4 is 17.7 Å². The molecule has 0 saturated carbocycles. The number of hydrogen-bond acceptors (Lipinski definition) is 6. The highest BCUT2D eigenvalue weighted by molar-refractivity contribution is 6.05. The van der Waals surface area contributed by atoms with Crippen LogP contribution in [0, 0.1) is 23.0 Å². The lowest BCUT2D eigenvalue weighted by molar-refractivity contribution is -0.136. The van der Waals surface area contributed by atoms with Gasteiger partial charge in [0.25, 0.3) is 5.91 Å². The SMILES string of the molecule is N#Cc1ccc(Oc2ccc(CN3CCC(c4cc5c(cc4F)C(=O)N(C4CCC(=O)NC4=O)C5)CC3)cc2)c(F)c1. The van der Waals surface area contributed by atoms with E-state index in [-0.39, 0.29) is 54.0 Å². The first-order valence-corrected chi connectivity index (χ1v) is 13.9. The summed E-state index contributed by atoms with van der Waals surface area (Å²) in [4.78, 5) is 40.6. The Kier molecular flexibility index (Phi) is 7.43. The van der Waals surface area contributed by atoms with Crippen LogP contribution in [0.15, 0.2) is 54.6 Å². The summed E-state index contributed by atoms with van der Waals surface area (Å²) >= 11 is 0. The zero-order chi connectivity index (χ0) is 29.4. The Morgan fingerprint density at radius 1 is 0.952 bits per heavy atom. The van der Waals surface area contributed by atoms with Crippen LogP contribution >= 0.6 is 0 Å². The van der Waals surface area contributed by atoms with E-state index in [0.29, 0.717) is 23.4 Å². The van der Waals surface area contributed by atoms with Gasteiger partial charge in [-0.3, -0.25) is 24.6 Å². The summed E-state index contributed by atoms with van der Waals surface area (Å²) in [6.45, 7) is 2.48. The van der Waals surface area contributed by atoms with Crippen molar-refractivity contribution in [3.8, 4) is 17.6 Å². The lowest BCUT2D eigenvalue weighted by Gasteiger charge is -2.32. The molecule has 8 nitrogen and oxygen atoms in total. The van der Waals surface area contributed by atoms with Crippen molar-refractivity contribution in [1.29, 1.82) is 5.26 Å². The highest BCUT2D eigenvalue weighted by Crippen LogP contribution is 2.36. The van der Waals surface area contributed by atoms with Crippen LogP contribution in [0.1, 0.15) is 64.2 Å². The van der Waals surface area contributed by atoms with Crippen LogP contribution in [0.4, 0.5) is 8.78 Å². The first-order chi connectivity index (χ1) is 20.3. The fourth-order valence-corrected chi connectivity index (χ4v) is 6.02. The molecule has 3 aromatic carbocycles. The van der Waals surface area contributed by atoms with E-state index in [4.69, 9.17) is 10.00 Å². The van der Waals surface area contributed by atoms with Crippen molar-refractivity contribution in [3.63, 3.8) is 0 Å². The number of carbonyl (C=O) groups excluding carboxylic acids is 3. The molecule has 0 aliphatic carbocycles. The number of fused-ring (bicyclic) bond motifs is 1. The van der Waals surface area contributed by atoms with E-state index in [1.807, 2.05) is 18.2 Å². The standard InChI is InChI=1S/C32H28F2N4O4/c33-26-15-25-22(18-38(32(25)41)28-6-8-30(39)36-31(28)40)14-24(26)21-9-11-37(12-10-21)17-19-1-4-23(5-2-19)42-29-7-3-20(16-35)13-27(29)34/h1-5,7,13-15,21,28H,6,8-12,17-18H2,(H,36,39,40). The summed E-state index contributed by atoms with van der Waals surface area (Å²) in [5.41, 5.74) is 2.89. The summed E-state index contributed by atoms with van der Waals surface area (Å²) in [6.07, 6.45) is 1.97. The van der Waals surface area contributed by atoms with Gasteiger partial charge in [-0.2, -0.15) is 5.26 Å². The van der Waals surface area contributed by atoms with Gasteiger partial charge >= 0.3 is 0 Å². The number of nitriles is 1. The Bertz CT molecular complexity index is 1610. The monoisotopic (exact) mass is 570 g/mol. The average Bonchev–Trinajstić information content (AvgIpc) is 3.29. The number of hydrogen-bond donors (Lipinski definition) is 1. The van der Waals surface area contributed by atoms with Gasteiger partial charge < -0.3 is 9.64 Å². The van der Waals surface area contributed by atoms with Crippen LogP contribution < -0.4 is 10.1 Å². The van der Waals surface area contributed by atoms with Crippen LogP contribution in [0.2, 0.25) is 0 Å². The smallest absolute Gasteiger partial charge is 0.255 e. The molecule has 3 aromatic rings. The number of imide groups is 1. The molecule has 0 spiro atoms. The topological polar surface area (TPSA) is 103 Å². The number of likely N-dealkylation sites (tertiary alicyclic amines) is 1. The molecular weight excluding hydrogens is 542 g/mol. The van der Waals surface area contributed by atoms with Crippen molar-refractivity contribution in [1.82, 2.24) is 15.1 Å². The van der Waals surface area contributed by atoms with Crippen molar-refractivity contribution < 1.29 is 27.9 Å². The molecule has 42 heavy (non-hydrogen) atoms. The van der Waals surface area contributed by atoms with Crippen LogP contribution in [-0.4, -0.2) is 46.7 Å². The maximum atomic E-state index is 15.2. The van der Waals surface area contributed by atoms with Crippen molar-refractivity contribution in [2.45, 2.75) is 50.7 Å². The van der Waals surface area contributed by atoms with Crippen molar-refractivity contribution in [2.75, 3.05) is 13.1 Å². The van der Waals surface area contributed by atoms with E-state index < -0.39 is 23.6 Å². The Morgan fingerprint density at radius 2 is 1.71 bits per heavy atom. The maximum Gasteiger partial charge on any atom is 0.255 e. The van der Waals surface area contributed by atoms with Gasteiger partial charge in [-0.25, -0.2) is 8.78 Å². The predicted molar refractivity (Wildman–Crippen MR) is 147 cm³/mol. The molecule has 2 saturated heterocycles. The second kappa shape index (κ2) is 11.3. The fraction of sp³-hybridized carbons (Fsp3) is 0.312. The zero-order valence-corrected chi connectivity index (χ0v) is 22.7. The van der Waals surface area contributed by atoms with E-state index in [2.05, 4.69) is 10.2 Å². The fourth-order valence-electron chi connectivity index (χ4n) is 6.02. The number of nitrogens with zero attached hydrogens (tertiary/aromatic N) is 3. The van der Waals surface area contributed by atoms with Crippen LogP contribution in [-0.2, 0) is 22.7 Å². The maximum absolute atomic E-state index is 15.2. The molecule has 0 aromatic heterocycles. The largest absolute Gasteiger partial charge is 0.454 e. The number of nitrogens with one attached hydrogen (secondary N) is 1. The van der Waals surface area contributed by atoms with Gasteiger partial charge in [0.15, 0.2) is 11.6 Å². The molecule has 3 aliphatic rings. The number of piperidine rings is 2. The van der Waals surface area contributed by atoms with Gasteiger partial charge in [-0.05, 0) is 91.4 Å². The number of halogens is 2.